The highest BCUT2D eigenvalue weighted by Gasteiger charge is 2.12. The smallest absolute Gasteiger partial charge is 0.274 e. The van der Waals surface area contributed by atoms with Crippen molar-refractivity contribution in [2.24, 2.45) is 0 Å². The normalized spacial score (nSPS) is 10.6. The van der Waals surface area contributed by atoms with Crippen molar-refractivity contribution in [3.05, 3.63) is 71.5 Å². The summed E-state index contributed by atoms with van der Waals surface area (Å²) in [4.78, 5) is 21.2. The second-order valence-corrected chi connectivity index (χ2v) is 6.75. The van der Waals surface area contributed by atoms with Crippen LogP contribution in [0.1, 0.15) is 35.5 Å². The number of carbonyl (C=O) groups excluding carboxylic acids is 1. The molecule has 1 aromatic heterocycles. The number of ether oxygens (including phenoxy) is 1. The van der Waals surface area contributed by atoms with Crippen LogP contribution < -0.4 is 15.4 Å². The fraction of sp³-hybridized carbons (Fsp3) is 0.227. The van der Waals surface area contributed by atoms with Crippen molar-refractivity contribution >= 4 is 23.2 Å². The van der Waals surface area contributed by atoms with Crippen LogP contribution >= 0.6 is 0 Å². The first-order chi connectivity index (χ1) is 13.4. The zero-order valence-corrected chi connectivity index (χ0v) is 16.5. The van der Waals surface area contributed by atoms with Gasteiger partial charge in [-0.15, -0.1) is 0 Å². The largest absolute Gasteiger partial charge is 0.489 e. The van der Waals surface area contributed by atoms with Crippen LogP contribution in [0.4, 0.5) is 17.3 Å². The molecule has 0 saturated heterocycles. The Morgan fingerprint density at radius 2 is 1.75 bits per heavy atom. The van der Waals surface area contributed by atoms with Crippen LogP contribution in [-0.4, -0.2) is 22.0 Å². The summed E-state index contributed by atoms with van der Waals surface area (Å²) >= 11 is 0. The van der Waals surface area contributed by atoms with Gasteiger partial charge >= 0.3 is 0 Å². The molecule has 0 fully saturated rings. The van der Waals surface area contributed by atoms with Crippen LogP contribution in [0.25, 0.3) is 0 Å². The van der Waals surface area contributed by atoms with E-state index in [9.17, 15) is 4.79 Å². The fourth-order valence-corrected chi connectivity index (χ4v) is 2.67. The molecular weight excluding hydrogens is 352 g/mol. The number of para-hydroxylation sites is 2. The van der Waals surface area contributed by atoms with Gasteiger partial charge in [-0.1, -0.05) is 24.3 Å². The van der Waals surface area contributed by atoms with Gasteiger partial charge in [-0.05, 0) is 63.1 Å². The van der Waals surface area contributed by atoms with E-state index in [0.717, 1.165) is 22.5 Å². The Labute approximate surface area is 165 Å². The maximum absolute atomic E-state index is 12.6. The highest BCUT2D eigenvalue weighted by atomic mass is 16.5. The number of hydrogen-bond donors (Lipinski definition) is 2. The average Bonchev–Trinajstić information content (AvgIpc) is 2.67. The molecule has 0 aliphatic heterocycles. The van der Waals surface area contributed by atoms with Crippen molar-refractivity contribution in [3.8, 4) is 5.75 Å². The van der Waals surface area contributed by atoms with Crippen LogP contribution in [0, 0.1) is 13.8 Å². The molecule has 2 N–H and O–H groups in total. The van der Waals surface area contributed by atoms with E-state index in [1.165, 1.54) is 0 Å². The second-order valence-electron chi connectivity index (χ2n) is 6.75. The lowest BCUT2D eigenvalue weighted by molar-refractivity contribution is 0.102. The summed E-state index contributed by atoms with van der Waals surface area (Å²) in [7, 11) is 0. The molecule has 1 heterocycles. The first-order valence-corrected chi connectivity index (χ1v) is 9.17. The molecule has 3 rings (SSSR count). The van der Waals surface area contributed by atoms with E-state index in [-0.39, 0.29) is 17.7 Å². The van der Waals surface area contributed by atoms with Crippen LogP contribution in [0.15, 0.2) is 54.7 Å². The number of anilines is 3. The van der Waals surface area contributed by atoms with Crippen LogP contribution in [0.5, 0.6) is 5.75 Å². The summed E-state index contributed by atoms with van der Waals surface area (Å²) < 4.78 is 5.80. The van der Waals surface area contributed by atoms with Crippen molar-refractivity contribution in [3.63, 3.8) is 0 Å². The summed E-state index contributed by atoms with van der Waals surface area (Å²) in [5, 5.41) is 6.04. The highest BCUT2D eigenvalue weighted by molar-refractivity contribution is 6.03. The second kappa shape index (κ2) is 8.52. The molecule has 2 aromatic carbocycles. The lowest BCUT2D eigenvalue weighted by Crippen LogP contribution is -2.16. The van der Waals surface area contributed by atoms with E-state index in [1.54, 1.807) is 12.3 Å². The van der Waals surface area contributed by atoms with Crippen LogP contribution in [0.3, 0.4) is 0 Å². The molecule has 144 valence electrons. The molecule has 0 unspecified atom stereocenters. The quantitative estimate of drug-likeness (QED) is 0.641. The van der Waals surface area contributed by atoms with E-state index in [2.05, 4.69) is 20.6 Å². The first-order valence-electron chi connectivity index (χ1n) is 9.17. The monoisotopic (exact) mass is 376 g/mol. The average molecular weight is 376 g/mol. The van der Waals surface area contributed by atoms with E-state index >= 15 is 0 Å². The Balaban J connectivity index is 1.79. The molecule has 1 amide bonds. The van der Waals surface area contributed by atoms with E-state index in [4.69, 9.17) is 4.74 Å². The lowest BCUT2D eigenvalue weighted by Gasteiger charge is -2.15. The van der Waals surface area contributed by atoms with Crippen molar-refractivity contribution in [2.75, 3.05) is 10.6 Å². The van der Waals surface area contributed by atoms with Crippen molar-refractivity contribution in [2.45, 2.75) is 33.8 Å². The number of benzene rings is 2. The summed E-state index contributed by atoms with van der Waals surface area (Å²) in [5.74, 6) is 0.741. The maximum atomic E-state index is 12.6. The number of amides is 1. The lowest BCUT2D eigenvalue weighted by atomic mass is 10.1. The van der Waals surface area contributed by atoms with Gasteiger partial charge in [0.1, 0.15) is 11.4 Å². The number of aromatic nitrogens is 2. The molecule has 0 aliphatic carbocycles. The van der Waals surface area contributed by atoms with Crippen LogP contribution in [-0.2, 0) is 0 Å². The summed E-state index contributed by atoms with van der Waals surface area (Å²) in [6.45, 7) is 7.91. The highest BCUT2D eigenvalue weighted by Crippen LogP contribution is 2.27. The number of rotatable bonds is 6. The molecule has 28 heavy (non-hydrogen) atoms. The zero-order chi connectivity index (χ0) is 20.1. The topological polar surface area (TPSA) is 76.1 Å². The third-order valence-electron chi connectivity index (χ3n) is 4.24. The number of aryl methyl sites for hydroxylation is 1. The van der Waals surface area contributed by atoms with Gasteiger partial charge in [0.05, 0.1) is 11.8 Å². The Bertz CT molecular complexity index is 986. The molecule has 6 nitrogen and oxygen atoms in total. The summed E-state index contributed by atoms with van der Waals surface area (Å²) in [6.07, 6.45) is 1.60. The first kappa shape index (κ1) is 19.4. The van der Waals surface area contributed by atoms with Crippen molar-refractivity contribution in [1.82, 2.24) is 9.97 Å². The summed E-state index contributed by atoms with van der Waals surface area (Å²) in [5.41, 5.74) is 3.94. The molecule has 3 aromatic rings. The van der Waals surface area contributed by atoms with Gasteiger partial charge in [0.25, 0.3) is 5.91 Å². The minimum atomic E-state index is -0.286. The fourth-order valence-electron chi connectivity index (χ4n) is 2.67. The predicted octanol–water partition coefficient (Wildman–Crippen LogP) is 4.88. The van der Waals surface area contributed by atoms with Gasteiger partial charge in [-0.3, -0.25) is 4.79 Å². The van der Waals surface area contributed by atoms with Gasteiger partial charge in [-0.2, -0.15) is 0 Å². The minimum Gasteiger partial charge on any atom is -0.489 e. The number of nitrogens with zero attached hydrogens (tertiary/aromatic N) is 2. The van der Waals surface area contributed by atoms with Crippen molar-refractivity contribution in [1.29, 1.82) is 0 Å². The molecule has 0 aliphatic rings. The van der Waals surface area contributed by atoms with Gasteiger partial charge < -0.3 is 15.4 Å². The summed E-state index contributed by atoms with van der Waals surface area (Å²) in [6, 6.07) is 14.9. The molecule has 0 spiro atoms. The van der Waals surface area contributed by atoms with E-state index < -0.39 is 0 Å². The number of carbonyl (C=O) groups is 1. The molecular formula is C22H24N4O2. The van der Waals surface area contributed by atoms with Crippen LogP contribution in [0.2, 0.25) is 0 Å². The zero-order valence-electron chi connectivity index (χ0n) is 16.5. The molecule has 0 bridgehead atoms. The Morgan fingerprint density at radius 3 is 2.54 bits per heavy atom. The van der Waals surface area contributed by atoms with Gasteiger partial charge in [0.2, 0.25) is 5.95 Å². The Morgan fingerprint density at radius 1 is 1.00 bits per heavy atom. The molecule has 0 atom stereocenters. The molecule has 6 heteroatoms. The third kappa shape index (κ3) is 4.65. The van der Waals surface area contributed by atoms with E-state index in [0.29, 0.717) is 11.7 Å². The van der Waals surface area contributed by atoms with Gasteiger partial charge in [0.15, 0.2) is 0 Å². The predicted molar refractivity (Wildman–Crippen MR) is 111 cm³/mol. The standard InChI is InChI=1S/C22H24N4O2/c1-14(2)28-20-11-6-5-9-18(20)25-22-23-13-12-19(26-22)21(27)24-17-10-7-8-15(3)16(17)4/h5-14H,1-4H3,(H,24,27)(H,23,25,26). The van der Waals surface area contributed by atoms with Gasteiger partial charge in [0, 0.05) is 11.9 Å². The van der Waals surface area contributed by atoms with E-state index in [1.807, 2.05) is 70.2 Å². The Kier molecular flexibility index (Phi) is 5.89. The Hall–Kier alpha value is -3.41. The molecule has 0 saturated carbocycles. The number of nitrogens with one attached hydrogen (secondary N) is 2. The van der Waals surface area contributed by atoms with Gasteiger partial charge in [-0.25, -0.2) is 9.97 Å². The third-order valence-corrected chi connectivity index (χ3v) is 4.24. The SMILES string of the molecule is Cc1cccc(NC(=O)c2ccnc(Nc3ccccc3OC(C)C)n2)c1C. The molecule has 0 radical (unpaired) electrons. The number of hydrogen-bond acceptors (Lipinski definition) is 5. The van der Waals surface area contributed by atoms with Crippen molar-refractivity contribution < 1.29 is 9.53 Å². The minimum absolute atomic E-state index is 0.0403. The maximum Gasteiger partial charge on any atom is 0.274 e.